The lowest BCUT2D eigenvalue weighted by Crippen LogP contribution is -2.23. The highest BCUT2D eigenvalue weighted by molar-refractivity contribution is 5.85. The zero-order chi connectivity index (χ0) is 17.8. The fourth-order valence-corrected chi connectivity index (χ4v) is 3.26. The molecular weight excluding hydrogens is 328 g/mol. The first-order valence-corrected chi connectivity index (χ1v) is 8.98. The Hall–Kier alpha value is -2.96. The number of rotatable bonds is 5. The summed E-state index contributed by atoms with van der Waals surface area (Å²) in [7, 11) is 1.65. The number of nitrogens with one attached hydrogen (secondary N) is 2. The van der Waals surface area contributed by atoms with Crippen LogP contribution in [-0.4, -0.2) is 33.1 Å². The number of methoxy groups -OCH3 is 1. The summed E-state index contributed by atoms with van der Waals surface area (Å²) in [5.41, 5.74) is 2.13. The summed E-state index contributed by atoms with van der Waals surface area (Å²) < 4.78 is 5.21. The predicted octanol–water partition coefficient (Wildman–Crippen LogP) is 3.92. The smallest absolute Gasteiger partial charge is 0.227 e. The number of nitrogens with zero attached hydrogens (tertiary/aromatic N) is 4. The van der Waals surface area contributed by atoms with E-state index in [4.69, 9.17) is 4.74 Å². The fourth-order valence-electron chi connectivity index (χ4n) is 3.26. The van der Waals surface area contributed by atoms with E-state index >= 15 is 0 Å². The highest BCUT2D eigenvalue weighted by Gasteiger charge is 2.16. The van der Waals surface area contributed by atoms with Crippen LogP contribution in [0.3, 0.4) is 0 Å². The third-order valence-corrected chi connectivity index (χ3v) is 4.62. The summed E-state index contributed by atoms with van der Waals surface area (Å²) >= 11 is 0. The summed E-state index contributed by atoms with van der Waals surface area (Å²) in [4.78, 5) is 18.0. The van der Waals surface area contributed by atoms with E-state index < -0.39 is 0 Å². The molecule has 7 nitrogen and oxygen atoms in total. The van der Waals surface area contributed by atoms with Gasteiger partial charge in [-0.05, 0) is 37.1 Å². The molecule has 1 aliphatic carbocycles. The summed E-state index contributed by atoms with van der Waals surface area (Å²) in [6.45, 7) is 0. The van der Waals surface area contributed by atoms with Crippen molar-refractivity contribution in [3.05, 3.63) is 36.7 Å². The summed E-state index contributed by atoms with van der Waals surface area (Å²) in [5, 5.41) is 6.79. The summed E-state index contributed by atoms with van der Waals surface area (Å²) in [6.07, 6.45) is 9.43. The molecule has 134 valence electrons. The number of benzene rings is 1. The van der Waals surface area contributed by atoms with Crippen LogP contribution < -0.4 is 15.4 Å². The molecule has 2 aromatic heterocycles. The largest absolute Gasteiger partial charge is 0.497 e. The molecule has 1 aromatic carbocycles. The lowest BCUT2D eigenvalue weighted by molar-refractivity contribution is 0.415. The van der Waals surface area contributed by atoms with E-state index in [0.29, 0.717) is 29.0 Å². The molecular formula is C19H22N6O. The molecule has 0 saturated heterocycles. The number of aromatic nitrogens is 4. The van der Waals surface area contributed by atoms with Gasteiger partial charge in [0.05, 0.1) is 7.11 Å². The number of fused-ring (bicyclic) bond motifs is 1. The molecule has 26 heavy (non-hydrogen) atoms. The van der Waals surface area contributed by atoms with Gasteiger partial charge in [-0.2, -0.15) is 9.97 Å². The Morgan fingerprint density at radius 1 is 0.962 bits per heavy atom. The Morgan fingerprint density at radius 3 is 2.50 bits per heavy atom. The maximum atomic E-state index is 5.21. The number of hydrogen-bond acceptors (Lipinski definition) is 7. The second-order valence-corrected chi connectivity index (χ2v) is 6.46. The van der Waals surface area contributed by atoms with E-state index in [2.05, 4.69) is 30.6 Å². The fraction of sp³-hybridized carbons (Fsp3) is 0.368. The van der Waals surface area contributed by atoms with Gasteiger partial charge in [-0.25, -0.2) is 9.97 Å². The molecule has 3 aromatic rings. The summed E-state index contributed by atoms with van der Waals surface area (Å²) in [6, 6.07) is 8.11. The highest BCUT2D eigenvalue weighted by Crippen LogP contribution is 2.25. The molecule has 2 heterocycles. The Labute approximate surface area is 152 Å². The maximum absolute atomic E-state index is 5.21. The minimum Gasteiger partial charge on any atom is -0.497 e. The normalized spacial score (nSPS) is 15.0. The molecule has 1 saturated carbocycles. The van der Waals surface area contributed by atoms with Crippen LogP contribution in [0.1, 0.15) is 32.1 Å². The first-order chi connectivity index (χ1) is 12.8. The Morgan fingerprint density at radius 2 is 1.73 bits per heavy atom. The zero-order valence-electron chi connectivity index (χ0n) is 14.8. The van der Waals surface area contributed by atoms with Gasteiger partial charge in [-0.1, -0.05) is 19.3 Å². The van der Waals surface area contributed by atoms with Gasteiger partial charge in [0.1, 0.15) is 5.75 Å². The molecule has 0 aliphatic heterocycles. The van der Waals surface area contributed by atoms with Crippen molar-refractivity contribution in [3.8, 4) is 5.75 Å². The minimum atomic E-state index is 0.423. The van der Waals surface area contributed by atoms with E-state index in [9.17, 15) is 0 Å². The number of hydrogen-bond donors (Lipinski definition) is 2. The first-order valence-electron chi connectivity index (χ1n) is 8.98. The van der Waals surface area contributed by atoms with E-state index in [1.165, 1.54) is 19.3 Å². The molecule has 7 heteroatoms. The van der Waals surface area contributed by atoms with Crippen molar-refractivity contribution in [2.24, 2.45) is 0 Å². The predicted molar refractivity (Wildman–Crippen MR) is 102 cm³/mol. The standard InChI is InChI=1S/C19H22N6O/c1-26-15-9-7-14(8-10-15)22-18-16-17(21-12-11-20-16)24-19(25-18)23-13-5-3-2-4-6-13/h7-13H,2-6H2,1H3,(H2,21,22,23,24,25). The van der Waals surface area contributed by atoms with Crippen molar-refractivity contribution in [2.45, 2.75) is 38.1 Å². The van der Waals surface area contributed by atoms with Gasteiger partial charge >= 0.3 is 0 Å². The quantitative estimate of drug-likeness (QED) is 0.721. The molecule has 0 unspecified atom stereocenters. The van der Waals surface area contributed by atoms with Crippen LogP contribution in [-0.2, 0) is 0 Å². The van der Waals surface area contributed by atoms with Gasteiger partial charge in [0.25, 0.3) is 0 Å². The lowest BCUT2D eigenvalue weighted by Gasteiger charge is -2.23. The van der Waals surface area contributed by atoms with Gasteiger partial charge in [-0.15, -0.1) is 0 Å². The van der Waals surface area contributed by atoms with Crippen molar-refractivity contribution in [1.82, 2.24) is 19.9 Å². The molecule has 0 bridgehead atoms. The third-order valence-electron chi connectivity index (χ3n) is 4.62. The van der Waals surface area contributed by atoms with Gasteiger partial charge in [0.15, 0.2) is 17.0 Å². The molecule has 0 amide bonds. The van der Waals surface area contributed by atoms with E-state index in [0.717, 1.165) is 24.3 Å². The monoisotopic (exact) mass is 350 g/mol. The number of anilines is 3. The van der Waals surface area contributed by atoms with Gasteiger partial charge in [0.2, 0.25) is 5.95 Å². The van der Waals surface area contributed by atoms with Gasteiger partial charge in [0, 0.05) is 24.1 Å². The average molecular weight is 350 g/mol. The van der Waals surface area contributed by atoms with Crippen molar-refractivity contribution in [2.75, 3.05) is 17.7 Å². The van der Waals surface area contributed by atoms with Crippen LogP contribution >= 0.6 is 0 Å². The Kier molecular flexibility index (Phi) is 4.77. The van der Waals surface area contributed by atoms with E-state index in [1.54, 1.807) is 19.5 Å². The van der Waals surface area contributed by atoms with Gasteiger partial charge in [-0.3, -0.25) is 0 Å². The average Bonchev–Trinajstić information content (AvgIpc) is 2.69. The van der Waals surface area contributed by atoms with Gasteiger partial charge < -0.3 is 15.4 Å². The van der Waals surface area contributed by atoms with E-state index in [1.807, 2.05) is 24.3 Å². The van der Waals surface area contributed by atoms with Crippen molar-refractivity contribution >= 4 is 28.6 Å². The van der Waals surface area contributed by atoms with Crippen molar-refractivity contribution in [3.63, 3.8) is 0 Å². The first kappa shape index (κ1) is 16.5. The van der Waals surface area contributed by atoms with Crippen LogP contribution in [0, 0.1) is 0 Å². The highest BCUT2D eigenvalue weighted by atomic mass is 16.5. The second-order valence-electron chi connectivity index (χ2n) is 6.46. The molecule has 0 atom stereocenters. The molecule has 1 fully saturated rings. The van der Waals surface area contributed by atoms with Crippen LogP contribution in [0.25, 0.3) is 11.2 Å². The van der Waals surface area contributed by atoms with E-state index in [-0.39, 0.29) is 0 Å². The molecule has 0 spiro atoms. The third kappa shape index (κ3) is 3.66. The van der Waals surface area contributed by atoms with Crippen LogP contribution in [0.4, 0.5) is 17.5 Å². The van der Waals surface area contributed by atoms with Crippen LogP contribution in [0.15, 0.2) is 36.7 Å². The SMILES string of the molecule is COc1ccc(Nc2nc(NC3CCCCC3)nc3nccnc23)cc1. The minimum absolute atomic E-state index is 0.423. The molecule has 1 aliphatic rings. The molecule has 2 N–H and O–H groups in total. The van der Waals surface area contributed by atoms with Crippen molar-refractivity contribution < 1.29 is 4.74 Å². The van der Waals surface area contributed by atoms with Crippen LogP contribution in [0.2, 0.25) is 0 Å². The lowest BCUT2D eigenvalue weighted by atomic mass is 9.96. The summed E-state index contributed by atoms with van der Waals surface area (Å²) in [5.74, 6) is 2.05. The zero-order valence-corrected chi connectivity index (χ0v) is 14.8. The number of ether oxygens (including phenoxy) is 1. The topological polar surface area (TPSA) is 84.9 Å². The van der Waals surface area contributed by atoms with Crippen LogP contribution in [0.5, 0.6) is 5.75 Å². The Bertz CT molecular complexity index is 877. The second kappa shape index (κ2) is 7.51. The van der Waals surface area contributed by atoms with Crippen molar-refractivity contribution in [1.29, 1.82) is 0 Å². The Balaban J connectivity index is 1.64. The molecule has 4 rings (SSSR count). The maximum Gasteiger partial charge on any atom is 0.227 e. The molecule has 0 radical (unpaired) electrons.